The van der Waals surface area contributed by atoms with Gasteiger partial charge >= 0.3 is 0 Å². The van der Waals surface area contributed by atoms with E-state index in [1.807, 2.05) is 6.20 Å². The van der Waals surface area contributed by atoms with Crippen LogP contribution >= 0.6 is 0 Å². The number of hydrogen-bond acceptors (Lipinski definition) is 2. The zero-order valence-electron chi connectivity index (χ0n) is 18.4. The van der Waals surface area contributed by atoms with E-state index in [4.69, 9.17) is 9.97 Å². The highest BCUT2D eigenvalue weighted by Crippen LogP contribution is 2.40. The molecule has 2 heterocycles. The van der Waals surface area contributed by atoms with Crippen LogP contribution in [-0.4, -0.2) is 14.5 Å². The maximum atomic E-state index is 5.18. The van der Waals surface area contributed by atoms with E-state index in [9.17, 15) is 0 Å². The Labute approximate surface area is 195 Å². The molecule has 2 aromatic heterocycles. The molecule has 0 amide bonds. The quantitative estimate of drug-likeness (QED) is 0.269. The Hall–Kier alpha value is -4.50. The molecule has 0 aliphatic heterocycles. The summed E-state index contributed by atoms with van der Waals surface area (Å²) in [4.78, 5) is 10.1. The lowest BCUT2D eigenvalue weighted by atomic mass is 10.0. The van der Waals surface area contributed by atoms with Crippen LogP contribution in [0.4, 0.5) is 0 Å². The van der Waals surface area contributed by atoms with Crippen LogP contribution in [0.3, 0.4) is 0 Å². The first-order valence-electron chi connectivity index (χ1n) is 11.6. The molecule has 7 aromatic rings. The Kier molecular flexibility index (Phi) is 3.45. The first-order valence-corrected chi connectivity index (χ1v) is 11.6. The van der Waals surface area contributed by atoms with Gasteiger partial charge < -0.3 is 0 Å². The Morgan fingerprint density at radius 3 is 2.26 bits per heavy atom. The van der Waals surface area contributed by atoms with Crippen LogP contribution in [0.25, 0.3) is 60.6 Å². The van der Waals surface area contributed by atoms with Gasteiger partial charge in [-0.2, -0.15) is 0 Å². The number of aromatic nitrogens is 3. The summed E-state index contributed by atoms with van der Waals surface area (Å²) in [5, 5.41) is 7.41. The zero-order chi connectivity index (χ0) is 22.2. The molecule has 34 heavy (non-hydrogen) atoms. The molecular weight excluding hydrogens is 414 g/mol. The van der Waals surface area contributed by atoms with Crippen molar-refractivity contribution in [2.75, 3.05) is 0 Å². The normalized spacial score (nSPS) is 12.6. The third kappa shape index (κ3) is 2.31. The first kappa shape index (κ1) is 18.0. The van der Waals surface area contributed by atoms with Crippen LogP contribution in [0.5, 0.6) is 0 Å². The summed E-state index contributed by atoms with van der Waals surface area (Å²) < 4.78 is 2.26. The summed E-state index contributed by atoms with van der Waals surface area (Å²) in [6, 6.07) is 34.7. The second kappa shape index (κ2) is 6.52. The van der Waals surface area contributed by atoms with Crippen LogP contribution in [0.1, 0.15) is 11.1 Å². The van der Waals surface area contributed by atoms with Crippen molar-refractivity contribution in [1.29, 1.82) is 0 Å². The van der Waals surface area contributed by atoms with Crippen molar-refractivity contribution >= 4 is 43.4 Å². The molecule has 0 unspecified atom stereocenters. The van der Waals surface area contributed by atoms with E-state index < -0.39 is 0 Å². The van der Waals surface area contributed by atoms with Gasteiger partial charge in [0.2, 0.25) is 5.95 Å². The summed E-state index contributed by atoms with van der Waals surface area (Å²) >= 11 is 0. The van der Waals surface area contributed by atoms with Gasteiger partial charge in [-0.15, -0.1) is 0 Å². The fourth-order valence-electron chi connectivity index (χ4n) is 5.73. The Balaban J connectivity index is 1.56. The summed E-state index contributed by atoms with van der Waals surface area (Å²) in [7, 11) is 0. The highest BCUT2D eigenvalue weighted by molar-refractivity contribution is 6.25. The van der Waals surface area contributed by atoms with Crippen molar-refractivity contribution in [3.8, 4) is 17.2 Å². The van der Waals surface area contributed by atoms with Gasteiger partial charge in [0.15, 0.2) is 0 Å². The molecule has 0 N–H and O–H groups in total. The van der Waals surface area contributed by atoms with Crippen molar-refractivity contribution < 1.29 is 0 Å². The molecule has 8 rings (SSSR count). The number of benzene rings is 5. The van der Waals surface area contributed by atoms with E-state index >= 15 is 0 Å². The summed E-state index contributed by atoms with van der Waals surface area (Å²) in [5.74, 6) is 0.724. The summed E-state index contributed by atoms with van der Waals surface area (Å²) in [6.07, 6.45) is 2.91. The Morgan fingerprint density at radius 1 is 0.618 bits per heavy atom. The van der Waals surface area contributed by atoms with Gasteiger partial charge in [0, 0.05) is 39.9 Å². The molecule has 1 aliphatic carbocycles. The van der Waals surface area contributed by atoms with Gasteiger partial charge in [-0.3, -0.25) is 4.57 Å². The standard InChI is InChI=1S/C31H19N3/c1-4-10-23-19(7-1)14-16-27-28(23)26-15-13-20-8-2-6-12-25(20)30(26)34(27)31-32-18-22-17-21-9-3-5-11-24(21)29(22)33-31/h1-16,18H,17H2. The summed E-state index contributed by atoms with van der Waals surface area (Å²) in [6.45, 7) is 0. The van der Waals surface area contributed by atoms with Crippen molar-refractivity contribution in [2.24, 2.45) is 0 Å². The molecule has 3 heteroatoms. The van der Waals surface area contributed by atoms with E-state index in [1.165, 1.54) is 49.0 Å². The smallest absolute Gasteiger partial charge is 0.235 e. The van der Waals surface area contributed by atoms with Gasteiger partial charge in [-0.1, -0.05) is 91.0 Å². The monoisotopic (exact) mass is 433 g/mol. The fourth-order valence-corrected chi connectivity index (χ4v) is 5.73. The van der Waals surface area contributed by atoms with Gasteiger partial charge in [0.05, 0.1) is 16.7 Å². The van der Waals surface area contributed by atoms with Gasteiger partial charge in [0.25, 0.3) is 0 Å². The molecule has 0 atom stereocenters. The number of nitrogens with zero attached hydrogens (tertiary/aromatic N) is 3. The average Bonchev–Trinajstić information content (AvgIpc) is 3.44. The molecule has 0 saturated carbocycles. The predicted octanol–water partition coefficient (Wildman–Crippen LogP) is 7.45. The minimum Gasteiger partial charge on any atom is -0.277 e. The van der Waals surface area contributed by atoms with Crippen LogP contribution in [0.15, 0.2) is 103 Å². The SMILES string of the molecule is c1ccc2c(c1)Cc1cnc(-n3c4ccc5ccccc5c4c4ccc5ccccc5c43)nc1-2. The lowest BCUT2D eigenvalue weighted by Gasteiger charge is -2.10. The molecule has 0 radical (unpaired) electrons. The first-order chi connectivity index (χ1) is 16.9. The maximum Gasteiger partial charge on any atom is 0.235 e. The molecule has 0 bridgehead atoms. The largest absolute Gasteiger partial charge is 0.277 e. The van der Waals surface area contributed by atoms with Crippen LogP contribution in [-0.2, 0) is 6.42 Å². The second-order valence-electron chi connectivity index (χ2n) is 9.08. The molecule has 3 nitrogen and oxygen atoms in total. The van der Waals surface area contributed by atoms with Crippen molar-refractivity contribution in [3.63, 3.8) is 0 Å². The highest BCUT2D eigenvalue weighted by Gasteiger charge is 2.23. The second-order valence-corrected chi connectivity index (χ2v) is 9.08. The van der Waals surface area contributed by atoms with Gasteiger partial charge in [-0.05, 0) is 27.8 Å². The van der Waals surface area contributed by atoms with Crippen LogP contribution in [0.2, 0.25) is 0 Å². The fraction of sp³-hybridized carbons (Fsp3) is 0.0323. The number of rotatable bonds is 1. The minimum absolute atomic E-state index is 0.724. The average molecular weight is 434 g/mol. The topological polar surface area (TPSA) is 30.7 Å². The van der Waals surface area contributed by atoms with E-state index in [0.29, 0.717) is 0 Å². The van der Waals surface area contributed by atoms with E-state index in [0.717, 1.165) is 29.1 Å². The maximum absolute atomic E-state index is 5.18. The van der Waals surface area contributed by atoms with Crippen molar-refractivity contribution in [3.05, 3.63) is 114 Å². The third-order valence-corrected chi connectivity index (χ3v) is 7.25. The highest BCUT2D eigenvalue weighted by atomic mass is 15.2. The Morgan fingerprint density at radius 2 is 1.35 bits per heavy atom. The number of fused-ring (bicyclic) bond motifs is 10. The van der Waals surface area contributed by atoms with E-state index in [1.54, 1.807) is 0 Å². The van der Waals surface area contributed by atoms with Crippen LogP contribution in [0, 0.1) is 0 Å². The molecule has 0 spiro atoms. The molecule has 0 saturated heterocycles. The predicted molar refractivity (Wildman–Crippen MR) is 140 cm³/mol. The third-order valence-electron chi connectivity index (χ3n) is 7.25. The van der Waals surface area contributed by atoms with E-state index in [-0.39, 0.29) is 0 Å². The van der Waals surface area contributed by atoms with Crippen LogP contribution < -0.4 is 0 Å². The molecule has 5 aromatic carbocycles. The van der Waals surface area contributed by atoms with Gasteiger partial charge in [0.1, 0.15) is 0 Å². The van der Waals surface area contributed by atoms with Crippen molar-refractivity contribution in [1.82, 2.24) is 14.5 Å². The lowest BCUT2D eigenvalue weighted by Crippen LogP contribution is -2.03. The molecular formula is C31H19N3. The Bertz CT molecular complexity index is 1940. The summed E-state index contributed by atoms with van der Waals surface area (Å²) in [5.41, 5.74) is 7.09. The van der Waals surface area contributed by atoms with E-state index in [2.05, 4.69) is 102 Å². The zero-order valence-corrected chi connectivity index (χ0v) is 18.4. The lowest BCUT2D eigenvalue weighted by molar-refractivity contribution is 0.983. The molecule has 158 valence electrons. The minimum atomic E-state index is 0.724. The molecule has 1 aliphatic rings. The number of hydrogen-bond donors (Lipinski definition) is 0. The van der Waals surface area contributed by atoms with Crippen molar-refractivity contribution in [2.45, 2.75) is 6.42 Å². The molecule has 0 fully saturated rings. The van der Waals surface area contributed by atoms with Gasteiger partial charge in [-0.25, -0.2) is 9.97 Å².